The van der Waals surface area contributed by atoms with E-state index in [0.29, 0.717) is 0 Å². The molecule has 0 saturated carbocycles. The summed E-state index contributed by atoms with van der Waals surface area (Å²) in [5, 5.41) is 28.4. The summed E-state index contributed by atoms with van der Waals surface area (Å²) < 4.78 is -0.361. The van der Waals surface area contributed by atoms with Crippen molar-refractivity contribution in [2.75, 3.05) is 0 Å². The summed E-state index contributed by atoms with van der Waals surface area (Å²) in [4.78, 5) is 24.5. The molecule has 2 fully saturated rings. The number of carbonyl (C=O) groups excluding carboxylic acids is 1. The van der Waals surface area contributed by atoms with Gasteiger partial charge < -0.3 is 15.1 Å². The molecule has 2 aliphatic rings. The van der Waals surface area contributed by atoms with Crippen molar-refractivity contribution in [3.8, 4) is 6.07 Å². The number of aliphatic carboxylic acids is 1. The third-order valence-electron chi connectivity index (χ3n) is 3.08. The van der Waals surface area contributed by atoms with Crippen LogP contribution in [0.3, 0.4) is 0 Å². The summed E-state index contributed by atoms with van der Waals surface area (Å²) in [6.45, 7) is 1.53. The Bertz CT molecular complexity index is 474. The van der Waals surface area contributed by atoms with Gasteiger partial charge in [0.25, 0.3) is 0 Å². The Balaban J connectivity index is 2.15. The van der Waals surface area contributed by atoms with Crippen LogP contribution < -0.4 is 0 Å². The number of nitrogens with zero attached hydrogens (tertiary/aromatic N) is 2. The van der Waals surface area contributed by atoms with Crippen LogP contribution in [-0.4, -0.2) is 49.1 Å². The van der Waals surface area contributed by atoms with Crippen LogP contribution >= 0.6 is 23.5 Å². The first-order chi connectivity index (χ1) is 8.99. The van der Waals surface area contributed by atoms with E-state index >= 15 is 0 Å². The highest BCUT2D eigenvalue weighted by molar-refractivity contribution is 8.19. The van der Waals surface area contributed by atoms with Crippen LogP contribution in [0.2, 0.25) is 0 Å². The number of carboxylic acid groups (broad SMARTS) is 1. The van der Waals surface area contributed by atoms with E-state index in [0.717, 1.165) is 0 Å². The topological polar surface area (TPSA) is 102 Å². The lowest BCUT2D eigenvalue weighted by molar-refractivity contribution is -0.166. The fourth-order valence-corrected chi connectivity index (χ4v) is 5.26. The van der Waals surface area contributed by atoms with Crippen molar-refractivity contribution in [3.63, 3.8) is 0 Å². The number of fused-ring (bicyclic) bond motifs is 1. The number of aliphatic hydroxyl groups is 1. The zero-order valence-corrected chi connectivity index (χ0v) is 11.6. The highest BCUT2D eigenvalue weighted by Crippen LogP contribution is 2.52. The number of allylic oxidation sites excluding steroid dienone is 1. The van der Waals surface area contributed by atoms with E-state index in [4.69, 9.17) is 5.26 Å². The smallest absolute Gasteiger partial charge is 0.328 e. The second kappa shape index (κ2) is 5.45. The monoisotopic (exact) mass is 300 g/mol. The van der Waals surface area contributed by atoms with E-state index < -0.39 is 24.0 Å². The number of thioether (sulfide) groups is 2. The number of amides is 1. The summed E-state index contributed by atoms with van der Waals surface area (Å²) in [6, 6.07) is 0.920. The van der Waals surface area contributed by atoms with Crippen LogP contribution in [0.4, 0.5) is 0 Å². The molecule has 2 N–H and O–H groups in total. The lowest BCUT2D eigenvalue weighted by Crippen LogP contribution is -2.64. The Morgan fingerprint density at radius 1 is 1.68 bits per heavy atom. The molecular weight excluding hydrogens is 288 g/mol. The molecule has 6 nitrogen and oxygen atoms in total. The van der Waals surface area contributed by atoms with Gasteiger partial charge in [0, 0.05) is 6.08 Å². The van der Waals surface area contributed by atoms with E-state index in [1.807, 2.05) is 6.07 Å². The Labute approximate surface area is 118 Å². The molecule has 2 rings (SSSR count). The van der Waals surface area contributed by atoms with Crippen molar-refractivity contribution >= 4 is 35.4 Å². The van der Waals surface area contributed by atoms with Crippen molar-refractivity contribution in [2.24, 2.45) is 5.92 Å². The van der Waals surface area contributed by atoms with Gasteiger partial charge in [-0.2, -0.15) is 5.26 Å². The summed E-state index contributed by atoms with van der Waals surface area (Å²) in [7, 11) is 0. The molecule has 2 saturated heterocycles. The zero-order chi connectivity index (χ0) is 14.2. The largest absolute Gasteiger partial charge is 0.480 e. The molecule has 102 valence electrons. The molecule has 0 radical (unpaired) electrons. The van der Waals surface area contributed by atoms with Gasteiger partial charge in [0.1, 0.15) is 0 Å². The number of aliphatic hydroxyl groups excluding tert-OH is 1. The Morgan fingerprint density at radius 2 is 2.37 bits per heavy atom. The third-order valence-corrected chi connectivity index (χ3v) is 5.89. The predicted octanol–water partition coefficient (Wildman–Crippen LogP) is 0.448. The fourth-order valence-electron chi connectivity index (χ4n) is 2.23. The van der Waals surface area contributed by atoms with Gasteiger partial charge >= 0.3 is 5.97 Å². The van der Waals surface area contributed by atoms with Crippen LogP contribution in [-0.2, 0) is 9.59 Å². The molecule has 0 spiro atoms. The minimum absolute atomic E-state index is 0.290. The van der Waals surface area contributed by atoms with E-state index in [1.165, 1.54) is 46.8 Å². The minimum Gasteiger partial charge on any atom is -0.480 e. The summed E-state index contributed by atoms with van der Waals surface area (Å²) in [6.07, 6.45) is 0.488. The van der Waals surface area contributed by atoms with E-state index in [2.05, 4.69) is 0 Å². The van der Waals surface area contributed by atoms with Gasteiger partial charge in [-0.3, -0.25) is 4.79 Å². The lowest BCUT2D eigenvalue weighted by Gasteiger charge is -2.44. The van der Waals surface area contributed by atoms with Crippen LogP contribution in [0.1, 0.15) is 6.92 Å². The number of carboxylic acids is 1. The average Bonchev–Trinajstić information content (AvgIpc) is 2.64. The van der Waals surface area contributed by atoms with Crippen molar-refractivity contribution in [2.45, 2.75) is 29.0 Å². The van der Waals surface area contributed by atoms with E-state index in [-0.39, 0.29) is 15.9 Å². The first-order valence-electron chi connectivity index (χ1n) is 5.57. The quantitative estimate of drug-likeness (QED) is 0.574. The van der Waals surface area contributed by atoms with Crippen LogP contribution in [0, 0.1) is 17.2 Å². The Kier molecular flexibility index (Phi) is 4.08. The second-order valence-corrected chi connectivity index (χ2v) is 6.87. The third kappa shape index (κ3) is 2.33. The minimum atomic E-state index is -1.06. The number of hydrogen-bond donors (Lipinski definition) is 2. The molecule has 0 aromatic rings. The van der Waals surface area contributed by atoms with Crippen molar-refractivity contribution < 1.29 is 19.8 Å². The number of β-lactam (4-membered cyclic amide) rings is 1. The number of nitriles is 1. The molecule has 0 aromatic carbocycles. The normalized spacial score (nSPS) is 34.8. The molecule has 0 aliphatic carbocycles. The maximum atomic E-state index is 11.9. The molecular formula is C11H12N2O4S2. The zero-order valence-electron chi connectivity index (χ0n) is 9.96. The van der Waals surface area contributed by atoms with Crippen LogP contribution in [0.5, 0.6) is 0 Å². The fraction of sp³-hybridized carbons (Fsp3) is 0.545. The van der Waals surface area contributed by atoms with Gasteiger partial charge in [0.15, 0.2) is 6.04 Å². The Morgan fingerprint density at radius 3 is 2.89 bits per heavy atom. The molecule has 2 heterocycles. The van der Waals surface area contributed by atoms with Gasteiger partial charge in [-0.05, 0) is 12.3 Å². The van der Waals surface area contributed by atoms with E-state index in [1.54, 1.807) is 0 Å². The van der Waals surface area contributed by atoms with Crippen molar-refractivity contribution in [1.29, 1.82) is 5.26 Å². The molecule has 2 unspecified atom stereocenters. The summed E-state index contributed by atoms with van der Waals surface area (Å²) in [5.74, 6) is -1.90. The molecule has 5 atom stereocenters. The first kappa shape index (κ1) is 14.2. The van der Waals surface area contributed by atoms with Gasteiger partial charge in [-0.25, -0.2) is 4.79 Å². The first-order valence-corrected chi connectivity index (χ1v) is 7.46. The average molecular weight is 300 g/mol. The summed E-state index contributed by atoms with van der Waals surface area (Å²) >= 11 is 2.57. The maximum absolute atomic E-state index is 11.9. The number of rotatable bonds is 4. The SMILES string of the molecule is C[C@@H](O)[C@H]1C(=O)N2C(C(=O)O)C(SC=CC#N)S[C@H]12. The van der Waals surface area contributed by atoms with Gasteiger partial charge in [-0.15, -0.1) is 23.5 Å². The van der Waals surface area contributed by atoms with Crippen molar-refractivity contribution in [3.05, 3.63) is 11.5 Å². The van der Waals surface area contributed by atoms with Gasteiger partial charge in [0.2, 0.25) is 5.91 Å². The lowest BCUT2D eigenvalue weighted by atomic mass is 9.91. The predicted molar refractivity (Wildman–Crippen MR) is 71.0 cm³/mol. The maximum Gasteiger partial charge on any atom is 0.328 e. The molecule has 19 heavy (non-hydrogen) atoms. The van der Waals surface area contributed by atoms with Crippen LogP contribution in [0.25, 0.3) is 0 Å². The molecule has 1 amide bonds. The standard InChI is InChI=1S/C11H12N2O4S2/c1-5(14)6-8(15)13-7(10(16)17)11(19-9(6)13)18-4-2-3-12/h2,4-7,9,11,14H,1H3,(H,16,17)/t5-,6+,7?,9-,11?/m1/s1. The molecule has 0 bridgehead atoms. The highest BCUT2D eigenvalue weighted by atomic mass is 32.2. The second-order valence-electron chi connectivity index (χ2n) is 4.26. The Hall–Kier alpha value is -1.17. The van der Waals surface area contributed by atoms with Crippen molar-refractivity contribution in [1.82, 2.24) is 4.90 Å². The van der Waals surface area contributed by atoms with E-state index in [9.17, 15) is 19.8 Å². The number of hydrogen-bond acceptors (Lipinski definition) is 6. The van der Waals surface area contributed by atoms with Crippen LogP contribution in [0.15, 0.2) is 11.5 Å². The molecule has 2 aliphatic heterocycles. The van der Waals surface area contributed by atoms with Gasteiger partial charge in [-0.1, -0.05) is 0 Å². The number of carbonyl (C=O) groups is 2. The summed E-state index contributed by atoms with van der Waals surface area (Å²) in [5.41, 5.74) is 0. The highest BCUT2D eigenvalue weighted by Gasteiger charge is 2.61. The molecule has 8 heteroatoms. The van der Waals surface area contributed by atoms with Gasteiger partial charge in [0.05, 0.1) is 28.0 Å². The molecule has 0 aromatic heterocycles.